The summed E-state index contributed by atoms with van der Waals surface area (Å²) in [5.74, 6) is -0.516. The zero-order valence-electron chi connectivity index (χ0n) is 17.6. The van der Waals surface area contributed by atoms with Gasteiger partial charge >= 0.3 is 6.18 Å². The molecule has 1 aromatic carbocycles. The first-order valence-corrected chi connectivity index (χ1v) is 13.2. The SMILES string of the molecule is CCCCc1nc(Cl)c(C(=O)NS(=O)(=O)C2CC2)n1Cc1csc2cccc(C(F)(F)F)c12. The lowest BCUT2D eigenvalue weighted by Gasteiger charge is -2.14. The molecule has 12 heteroatoms. The van der Waals surface area contributed by atoms with E-state index in [0.717, 1.165) is 12.5 Å². The highest BCUT2D eigenvalue weighted by atomic mass is 35.5. The number of thiophene rings is 1. The Morgan fingerprint density at radius 2 is 2.06 bits per heavy atom. The minimum absolute atomic E-state index is 0.0539. The van der Waals surface area contributed by atoms with Gasteiger partial charge in [-0.15, -0.1) is 11.3 Å². The number of carbonyl (C=O) groups is 1. The molecule has 178 valence electrons. The molecule has 1 amide bonds. The van der Waals surface area contributed by atoms with Crippen molar-refractivity contribution in [2.45, 2.75) is 57.0 Å². The molecular formula is C21H21ClF3N3O3S2. The highest BCUT2D eigenvalue weighted by Gasteiger charge is 2.38. The number of hydrogen-bond donors (Lipinski definition) is 1. The molecule has 0 unspecified atom stereocenters. The van der Waals surface area contributed by atoms with Crippen LogP contribution < -0.4 is 4.72 Å². The molecule has 0 spiro atoms. The van der Waals surface area contributed by atoms with Crippen LogP contribution in [0.2, 0.25) is 5.15 Å². The summed E-state index contributed by atoms with van der Waals surface area (Å²) in [5.41, 5.74) is -0.579. The lowest BCUT2D eigenvalue weighted by Crippen LogP contribution is -2.35. The second-order valence-electron chi connectivity index (χ2n) is 7.97. The van der Waals surface area contributed by atoms with Crippen LogP contribution in [-0.2, 0) is 29.2 Å². The Morgan fingerprint density at radius 1 is 1.33 bits per heavy atom. The second-order valence-corrected chi connectivity index (χ2v) is 11.2. The van der Waals surface area contributed by atoms with E-state index in [1.54, 1.807) is 11.4 Å². The van der Waals surface area contributed by atoms with Gasteiger partial charge in [-0.25, -0.2) is 18.1 Å². The number of alkyl halides is 3. The van der Waals surface area contributed by atoms with Crippen molar-refractivity contribution in [3.63, 3.8) is 0 Å². The van der Waals surface area contributed by atoms with Crippen molar-refractivity contribution < 1.29 is 26.4 Å². The fourth-order valence-corrected chi connectivity index (χ4v) is 6.24. The molecule has 0 radical (unpaired) electrons. The summed E-state index contributed by atoms with van der Waals surface area (Å²) in [6.45, 7) is 1.87. The number of imidazole rings is 1. The molecule has 2 aromatic heterocycles. The number of rotatable bonds is 8. The number of halogens is 4. The summed E-state index contributed by atoms with van der Waals surface area (Å²) >= 11 is 7.41. The maximum atomic E-state index is 13.7. The zero-order valence-corrected chi connectivity index (χ0v) is 20.0. The van der Waals surface area contributed by atoms with E-state index >= 15 is 0 Å². The van der Waals surface area contributed by atoms with Crippen LogP contribution in [-0.4, -0.2) is 29.1 Å². The van der Waals surface area contributed by atoms with Gasteiger partial charge in [0.2, 0.25) is 10.0 Å². The highest BCUT2D eigenvalue weighted by Crippen LogP contribution is 2.39. The third-order valence-electron chi connectivity index (χ3n) is 5.48. The van der Waals surface area contributed by atoms with E-state index in [-0.39, 0.29) is 22.8 Å². The summed E-state index contributed by atoms with van der Waals surface area (Å²) in [6.07, 6.45) is -1.63. The third kappa shape index (κ3) is 4.90. The van der Waals surface area contributed by atoms with E-state index in [0.29, 0.717) is 41.8 Å². The van der Waals surface area contributed by atoms with E-state index in [1.165, 1.54) is 22.0 Å². The largest absolute Gasteiger partial charge is 0.417 e. The molecule has 1 aliphatic rings. The van der Waals surface area contributed by atoms with Crippen LogP contribution in [0, 0.1) is 0 Å². The van der Waals surface area contributed by atoms with Crippen LogP contribution in [0.5, 0.6) is 0 Å². The monoisotopic (exact) mass is 519 g/mol. The standard InChI is InChI=1S/C21H21ClF3N3O3S2/c1-2-3-7-16-26-19(22)18(20(29)27-33(30,31)13-8-9-13)28(16)10-12-11-32-15-6-4-5-14(17(12)15)21(23,24)25/h4-6,11,13H,2-3,7-10H2,1H3,(H,27,29). The molecule has 0 aliphatic heterocycles. The summed E-state index contributed by atoms with van der Waals surface area (Å²) in [7, 11) is -3.84. The molecule has 0 atom stereocenters. The molecule has 0 saturated heterocycles. The van der Waals surface area contributed by atoms with Gasteiger partial charge in [-0.1, -0.05) is 31.0 Å². The first-order valence-electron chi connectivity index (χ1n) is 10.4. The average Bonchev–Trinajstić information content (AvgIpc) is 3.45. The van der Waals surface area contributed by atoms with Crippen LogP contribution in [0.4, 0.5) is 13.2 Å². The number of sulfonamides is 1. The lowest BCUT2D eigenvalue weighted by molar-refractivity contribution is -0.136. The van der Waals surface area contributed by atoms with E-state index < -0.39 is 32.9 Å². The van der Waals surface area contributed by atoms with Gasteiger partial charge in [0, 0.05) is 16.5 Å². The number of unbranched alkanes of at least 4 members (excludes halogenated alkanes) is 1. The Hall–Kier alpha value is -2.11. The number of fused-ring (bicyclic) bond motifs is 1. The summed E-state index contributed by atoms with van der Waals surface area (Å²) in [6, 6.07) is 3.98. The van der Waals surface area contributed by atoms with Gasteiger partial charge in [0.25, 0.3) is 5.91 Å². The predicted octanol–water partition coefficient (Wildman–Crippen LogP) is 5.38. The van der Waals surface area contributed by atoms with Crippen molar-refractivity contribution in [3.05, 3.63) is 51.4 Å². The van der Waals surface area contributed by atoms with Crippen LogP contribution in [0.3, 0.4) is 0 Å². The van der Waals surface area contributed by atoms with Crippen LogP contribution in [0.1, 0.15) is 60.0 Å². The Labute approximate surface area is 197 Å². The van der Waals surface area contributed by atoms with Crippen LogP contribution >= 0.6 is 22.9 Å². The normalized spacial score (nSPS) is 14.7. The van der Waals surface area contributed by atoms with Crippen LogP contribution in [0.15, 0.2) is 23.6 Å². The molecule has 3 aromatic rings. The molecule has 2 heterocycles. The lowest BCUT2D eigenvalue weighted by atomic mass is 10.1. The summed E-state index contributed by atoms with van der Waals surface area (Å²) in [4.78, 5) is 17.2. The first kappa shape index (κ1) is 24.0. The summed E-state index contributed by atoms with van der Waals surface area (Å²) in [5, 5.41) is 0.866. The number of benzene rings is 1. The van der Waals surface area contributed by atoms with Gasteiger partial charge < -0.3 is 4.57 Å². The number of hydrogen-bond acceptors (Lipinski definition) is 5. The Bertz CT molecular complexity index is 1310. The Balaban J connectivity index is 1.79. The smallest absolute Gasteiger partial charge is 0.318 e. The third-order valence-corrected chi connectivity index (χ3v) is 8.56. The van der Waals surface area contributed by atoms with Crippen molar-refractivity contribution in [1.82, 2.24) is 14.3 Å². The molecule has 1 saturated carbocycles. The predicted molar refractivity (Wildman–Crippen MR) is 121 cm³/mol. The second kappa shape index (κ2) is 8.92. The molecule has 1 aliphatic carbocycles. The summed E-state index contributed by atoms with van der Waals surface area (Å²) < 4.78 is 69.6. The topological polar surface area (TPSA) is 81.1 Å². The van der Waals surface area contributed by atoms with Crippen molar-refractivity contribution >= 4 is 49.0 Å². The van der Waals surface area contributed by atoms with Gasteiger partial charge in [-0.2, -0.15) is 13.2 Å². The van der Waals surface area contributed by atoms with E-state index in [2.05, 4.69) is 4.98 Å². The van der Waals surface area contributed by atoms with E-state index in [9.17, 15) is 26.4 Å². The Kier molecular flexibility index (Phi) is 6.49. The number of nitrogens with zero attached hydrogens (tertiary/aromatic N) is 2. The maximum Gasteiger partial charge on any atom is 0.417 e. The zero-order chi connectivity index (χ0) is 24.0. The quantitative estimate of drug-likeness (QED) is 0.433. The average molecular weight is 520 g/mol. The molecule has 1 fully saturated rings. The number of aromatic nitrogens is 2. The van der Waals surface area contributed by atoms with Gasteiger partial charge in [0.15, 0.2) is 5.15 Å². The minimum atomic E-state index is -4.55. The fraction of sp³-hybridized carbons (Fsp3) is 0.429. The molecule has 33 heavy (non-hydrogen) atoms. The van der Waals surface area contributed by atoms with Crippen molar-refractivity contribution in [2.75, 3.05) is 0 Å². The first-order chi connectivity index (χ1) is 15.5. The van der Waals surface area contributed by atoms with E-state index in [4.69, 9.17) is 11.6 Å². The minimum Gasteiger partial charge on any atom is -0.318 e. The molecule has 0 bridgehead atoms. The number of nitrogens with one attached hydrogen (secondary N) is 1. The Morgan fingerprint density at radius 3 is 2.70 bits per heavy atom. The number of aryl methyl sites for hydroxylation is 1. The number of carbonyl (C=O) groups excluding carboxylic acids is 1. The fourth-order valence-electron chi connectivity index (χ4n) is 3.70. The van der Waals surface area contributed by atoms with Gasteiger partial charge in [-0.05, 0) is 42.3 Å². The van der Waals surface area contributed by atoms with Crippen LogP contribution in [0.25, 0.3) is 10.1 Å². The van der Waals surface area contributed by atoms with Crippen molar-refractivity contribution in [2.24, 2.45) is 0 Å². The maximum absolute atomic E-state index is 13.7. The van der Waals surface area contributed by atoms with Crippen molar-refractivity contribution in [3.8, 4) is 0 Å². The molecule has 4 rings (SSSR count). The number of amides is 1. The molecule has 1 N–H and O–H groups in total. The van der Waals surface area contributed by atoms with Gasteiger partial charge in [-0.3, -0.25) is 4.79 Å². The van der Waals surface area contributed by atoms with Gasteiger partial charge in [0.05, 0.1) is 17.4 Å². The molecule has 6 nitrogen and oxygen atoms in total. The highest BCUT2D eigenvalue weighted by molar-refractivity contribution is 7.91. The van der Waals surface area contributed by atoms with E-state index in [1.807, 2.05) is 11.6 Å². The molecular weight excluding hydrogens is 499 g/mol. The van der Waals surface area contributed by atoms with Gasteiger partial charge in [0.1, 0.15) is 11.5 Å². The van der Waals surface area contributed by atoms with Crippen molar-refractivity contribution in [1.29, 1.82) is 0 Å².